The van der Waals surface area contributed by atoms with Crippen molar-refractivity contribution >= 4 is 34.1 Å². The topological polar surface area (TPSA) is 42.0 Å². The van der Waals surface area contributed by atoms with Gasteiger partial charge in [-0.2, -0.15) is 0 Å². The first kappa shape index (κ1) is 18.2. The van der Waals surface area contributed by atoms with Crippen molar-refractivity contribution in [2.75, 3.05) is 5.32 Å². The van der Waals surface area contributed by atoms with Crippen molar-refractivity contribution < 1.29 is 4.79 Å². The van der Waals surface area contributed by atoms with Crippen LogP contribution in [0.25, 0.3) is 22.2 Å². The van der Waals surface area contributed by atoms with E-state index >= 15 is 0 Å². The van der Waals surface area contributed by atoms with E-state index < -0.39 is 0 Å². The molecule has 4 rings (SSSR count). The zero-order valence-electron chi connectivity index (χ0n) is 15.7. The van der Waals surface area contributed by atoms with Crippen molar-refractivity contribution in [3.8, 4) is 11.3 Å². The Morgan fingerprint density at radius 1 is 0.929 bits per heavy atom. The maximum Gasteiger partial charge on any atom is 0.256 e. The van der Waals surface area contributed by atoms with Gasteiger partial charge in [-0.05, 0) is 49.7 Å². The summed E-state index contributed by atoms with van der Waals surface area (Å²) in [7, 11) is 0. The SMILES string of the molecule is Cc1cccc(-c2cc(C(=O)Nc3cccc(Cl)c3C)c3ccccc3n2)c1. The van der Waals surface area contributed by atoms with Gasteiger partial charge < -0.3 is 5.32 Å². The predicted octanol–water partition coefficient (Wildman–Crippen LogP) is 6.42. The van der Waals surface area contributed by atoms with E-state index in [0.717, 1.165) is 33.3 Å². The summed E-state index contributed by atoms with van der Waals surface area (Å²) in [6.45, 7) is 3.93. The maximum atomic E-state index is 13.2. The molecule has 1 amide bonds. The Bertz CT molecular complexity index is 1200. The molecule has 1 heterocycles. The van der Waals surface area contributed by atoms with Gasteiger partial charge in [-0.3, -0.25) is 4.79 Å². The van der Waals surface area contributed by atoms with Crippen molar-refractivity contribution in [2.45, 2.75) is 13.8 Å². The minimum Gasteiger partial charge on any atom is -0.322 e. The molecule has 0 unspecified atom stereocenters. The first-order valence-corrected chi connectivity index (χ1v) is 9.44. The quantitative estimate of drug-likeness (QED) is 0.441. The summed E-state index contributed by atoms with van der Waals surface area (Å²) in [5, 5.41) is 4.44. The van der Waals surface area contributed by atoms with Crippen LogP contribution in [0.2, 0.25) is 5.02 Å². The average molecular weight is 387 g/mol. The van der Waals surface area contributed by atoms with E-state index in [-0.39, 0.29) is 5.91 Å². The highest BCUT2D eigenvalue weighted by molar-refractivity contribution is 6.31. The molecular formula is C24H19ClN2O. The van der Waals surface area contributed by atoms with Crippen LogP contribution in [0.1, 0.15) is 21.5 Å². The molecule has 0 spiro atoms. The Labute approximate surface area is 169 Å². The molecule has 0 aliphatic heterocycles. The first-order valence-electron chi connectivity index (χ1n) is 9.06. The van der Waals surface area contributed by atoms with Crippen LogP contribution >= 0.6 is 11.6 Å². The molecule has 3 aromatic carbocycles. The molecule has 3 nitrogen and oxygen atoms in total. The van der Waals surface area contributed by atoms with E-state index in [2.05, 4.69) is 11.4 Å². The van der Waals surface area contributed by atoms with Crippen LogP contribution in [0, 0.1) is 13.8 Å². The van der Waals surface area contributed by atoms with Gasteiger partial charge >= 0.3 is 0 Å². The van der Waals surface area contributed by atoms with Crippen molar-refractivity contribution in [1.29, 1.82) is 0 Å². The van der Waals surface area contributed by atoms with Crippen molar-refractivity contribution in [2.24, 2.45) is 0 Å². The number of nitrogens with one attached hydrogen (secondary N) is 1. The van der Waals surface area contributed by atoms with E-state index in [4.69, 9.17) is 16.6 Å². The van der Waals surface area contributed by atoms with E-state index in [9.17, 15) is 4.79 Å². The number of para-hydroxylation sites is 1. The van der Waals surface area contributed by atoms with Gasteiger partial charge in [0.2, 0.25) is 0 Å². The van der Waals surface area contributed by atoms with Gasteiger partial charge in [0.15, 0.2) is 0 Å². The zero-order chi connectivity index (χ0) is 19.7. The molecule has 1 N–H and O–H groups in total. The molecule has 0 bridgehead atoms. The molecule has 0 fully saturated rings. The number of anilines is 1. The molecule has 4 heteroatoms. The smallest absolute Gasteiger partial charge is 0.256 e. The summed E-state index contributed by atoms with van der Waals surface area (Å²) in [4.78, 5) is 17.9. The average Bonchev–Trinajstić information content (AvgIpc) is 2.70. The molecule has 0 aliphatic carbocycles. The largest absolute Gasteiger partial charge is 0.322 e. The lowest BCUT2D eigenvalue weighted by atomic mass is 10.0. The molecule has 1 aromatic heterocycles. The number of hydrogen-bond acceptors (Lipinski definition) is 2. The van der Waals surface area contributed by atoms with E-state index in [1.54, 1.807) is 0 Å². The van der Waals surface area contributed by atoms with Gasteiger partial charge in [0.05, 0.1) is 16.8 Å². The normalized spacial score (nSPS) is 10.8. The highest BCUT2D eigenvalue weighted by atomic mass is 35.5. The summed E-state index contributed by atoms with van der Waals surface area (Å²) in [6.07, 6.45) is 0. The minimum atomic E-state index is -0.183. The highest BCUT2D eigenvalue weighted by Gasteiger charge is 2.15. The summed E-state index contributed by atoms with van der Waals surface area (Å²) in [5.74, 6) is -0.183. The summed E-state index contributed by atoms with van der Waals surface area (Å²) >= 11 is 6.20. The predicted molar refractivity (Wildman–Crippen MR) is 116 cm³/mol. The fourth-order valence-corrected chi connectivity index (χ4v) is 3.42. The fourth-order valence-electron chi connectivity index (χ4n) is 3.25. The second-order valence-electron chi connectivity index (χ2n) is 6.81. The lowest BCUT2D eigenvalue weighted by molar-refractivity contribution is 0.102. The number of halogens is 1. The van der Waals surface area contributed by atoms with Crippen LogP contribution in [0.3, 0.4) is 0 Å². The molecule has 0 radical (unpaired) electrons. The Kier molecular flexibility index (Phi) is 4.84. The van der Waals surface area contributed by atoms with Crippen molar-refractivity contribution in [3.63, 3.8) is 0 Å². The molecule has 0 saturated heterocycles. The fraction of sp³-hybridized carbons (Fsp3) is 0.0833. The van der Waals surface area contributed by atoms with Gasteiger partial charge in [0.1, 0.15) is 0 Å². The van der Waals surface area contributed by atoms with Crippen LogP contribution in [-0.4, -0.2) is 10.9 Å². The van der Waals surface area contributed by atoms with Crippen LogP contribution in [0.5, 0.6) is 0 Å². The number of aromatic nitrogens is 1. The number of pyridine rings is 1. The minimum absolute atomic E-state index is 0.183. The molecule has 0 aliphatic rings. The molecule has 4 aromatic rings. The molecule has 0 saturated carbocycles. The van der Waals surface area contributed by atoms with Crippen molar-refractivity contribution in [3.05, 3.63) is 94.5 Å². The molecule has 28 heavy (non-hydrogen) atoms. The number of nitrogens with zero attached hydrogens (tertiary/aromatic N) is 1. The Morgan fingerprint density at radius 2 is 1.71 bits per heavy atom. The Hall–Kier alpha value is -3.17. The number of amides is 1. The summed E-state index contributed by atoms with van der Waals surface area (Å²) in [6, 6.07) is 23.1. The Balaban J connectivity index is 1.83. The highest BCUT2D eigenvalue weighted by Crippen LogP contribution is 2.28. The third kappa shape index (κ3) is 3.49. The maximum absolute atomic E-state index is 13.2. The van der Waals surface area contributed by atoms with Gasteiger partial charge in [0.25, 0.3) is 5.91 Å². The second kappa shape index (κ2) is 7.45. The van der Waals surface area contributed by atoms with Crippen LogP contribution in [0.4, 0.5) is 5.69 Å². The number of fused-ring (bicyclic) bond motifs is 1. The van der Waals surface area contributed by atoms with Gasteiger partial charge in [0, 0.05) is 21.7 Å². The summed E-state index contributed by atoms with van der Waals surface area (Å²) < 4.78 is 0. The number of aryl methyl sites for hydroxylation is 1. The number of rotatable bonds is 3. The van der Waals surface area contributed by atoms with Gasteiger partial charge in [-0.25, -0.2) is 4.98 Å². The van der Waals surface area contributed by atoms with Crippen LogP contribution < -0.4 is 5.32 Å². The third-order valence-electron chi connectivity index (χ3n) is 4.79. The number of benzene rings is 3. The first-order chi connectivity index (χ1) is 13.5. The number of carbonyl (C=O) groups excluding carboxylic acids is 1. The molecule has 0 atom stereocenters. The van der Waals surface area contributed by atoms with E-state index in [0.29, 0.717) is 16.3 Å². The van der Waals surface area contributed by atoms with Crippen molar-refractivity contribution in [1.82, 2.24) is 4.98 Å². The zero-order valence-corrected chi connectivity index (χ0v) is 16.4. The van der Waals surface area contributed by atoms with Crippen LogP contribution in [-0.2, 0) is 0 Å². The summed E-state index contributed by atoms with van der Waals surface area (Å²) in [5.41, 5.74) is 5.82. The van der Waals surface area contributed by atoms with E-state index in [1.807, 2.05) is 80.6 Å². The van der Waals surface area contributed by atoms with Gasteiger partial charge in [-0.1, -0.05) is 59.6 Å². The number of hydrogen-bond donors (Lipinski definition) is 1. The molecule has 138 valence electrons. The standard InChI is InChI=1S/C24H19ClN2O/c1-15-7-5-8-17(13-15)23-14-19(18-9-3-4-11-22(18)26-23)24(28)27-21-12-6-10-20(25)16(21)2/h3-14H,1-2H3,(H,27,28). The third-order valence-corrected chi connectivity index (χ3v) is 5.20. The molecular weight excluding hydrogens is 368 g/mol. The lowest BCUT2D eigenvalue weighted by Crippen LogP contribution is -2.14. The monoisotopic (exact) mass is 386 g/mol. The second-order valence-corrected chi connectivity index (χ2v) is 7.22. The number of carbonyl (C=O) groups is 1. The Morgan fingerprint density at radius 3 is 2.54 bits per heavy atom. The van der Waals surface area contributed by atoms with Crippen LogP contribution in [0.15, 0.2) is 72.8 Å². The lowest BCUT2D eigenvalue weighted by Gasteiger charge is -2.13. The van der Waals surface area contributed by atoms with E-state index in [1.165, 1.54) is 0 Å². The van der Waals surface area contributed by atoms with Gasteiger partial charge in [-0.15, -0.1) is 0 Å².